The summed E-state index contributed by atoms with van der Waals surface area (Å²) in [4.78, 5) is 72.6. The summed E-state index contributed by atoms with van der Waals surface area (Å²) in [7, 11) is -9.90. The number of esters is 4. The largest absolute Gasteiger partial charge is 0.472 e. The van der Waals surface area contributed by atoms with Crippen molar-refractivity contribution in [1.82, 2.24) is 0 Å². The smallest absolute Gasteiger partial charge is 0.462 e. The number of aliphatic hydroxyl groups excluding tert-OH is 1. The minimum atomic E-state index is -4.95. The van der Waals surface area contributed by atoms with Gasteiger partial charge in [0.25, 0.3) is 0 Å². The van der Waals surface area contributed by atoms with E-state index in [0.717, 1.165) is 102 Å². The summed E-state index contributed by atoms with van der Waals surface area (Å²) < 4.78 is 68.3. The quantitative estimate of drug-likeness (QED) is 0.0222. The van der Waals surface area contributed by atoms with Crippen molar-refractivity contribution in [3.63, 3.8) is 0 Å². The SMILES string of the molecule is CCCCCCCCCCCCCCCCCC(=O)O[C@H](COC(=O)CCCCCCCCCCCCCCC)COP(=O)(O)OC[C@@H](O)COP(=O)(O)OC[C@@H](COC(=O)CCCCCCCCCC(C)C)OC(=O)CCCCCCCCCCCC(C)C. The molecule has 3 N–H and O–H groups in total. The Balaban J connectivity index is 5.25. The number of phosphoric acid groups is 2. The van der Waals surface area contributed by atoms with Crippen LogP contribution in [0.1, 0.15) is 363 Å². The topological polar surface area (TPSA) is 237 Å². The van der Waals surface area contributed by atoms with Gasteiger partial charge in [0.15, 0.2) is 12.2 Å². The molecule has 0 fully saturated rings. The first-order chi connectivity index (χ1) is 43.4. The van der Waals surface area contributed by atoms with E-state index in [-0.39, 0.29) is 25.7 Å². The molecule has 5 atom stereocenters. The molecule has 0 aliphatic carbocycles. The van der Waals surface area contributed by atoms with Crippen LogP contribution in [0.3, 0.4) is 0 Å². The molecule has 0 aromatic heterocycles. The van der Waals surface area contributed by atoms with Gasteiger partial charge in [-0.25, -0.2) is 9.13 Å². The Labute approximate surface area is 549 Å². The number of unbranched alkanes of at least 4 members (excludes halogenated alkanes) is 40. The van der Waals surface area contributed by atoms with Crippen LogP contribution in [0.15, 0.2) is 0 Å². The Hall–Kier alpha value is -1.94. The lowest BCUT2D eigenvalue weighted by molar-refractivity contribution is -0.161. The van der Waals surface area contributed by atoms with Crippen LogP contribution >= 0.6 is 15.6 Å². The van der Waals surface area contributed by atoms with E-state index < -0.39 is 97.5 Å². The molecule has 0 heterocycles. The first-order valence-electron chi connectivity index (χ1n) is 37.0. The maximum atomic E-state index is 13.0. The number of hydrogen-bond acceptors (Lipinski definition) is 15. The Morgan fingerprint density at radius 1 is 0.300 bits per heavy atom. The first kappa shape index (κ1) is 88.1. The average molecular weight is 1330 g/mol. The maximum Gasteiger partial charge on any atom is 0.472 e. The number of carbonyl (C=O) groups is 4. The van der Waals surface area contributed by atoms with Crippen molar-refractivity contribution in [2.45, 2.75) is 381 Å². The number of carbonyl (C=O) groups excluding carboxylic acids is 4. The fraction of sp³-hybridized carbons (Fsp3) is 0.944. The minimum absolute atomic E-state index is 0.105. The predicted molar refractivity (Wildman–Crippen MR) is 363 cm³/mol. The molecule has 0 aromatic carbocycles. The van der Waals surface area contributed by atoms with E-state index in [1.165, 1.54) is 173 Å². The fourth-order valence-electron chi connectivity index (χ4n) is 10.8. The molecule has 0 saturated carbocycles. The van der Waals surface area contributed by atoms with Crippen LogP contribution in [0.5, 0.6) is 0 Å². The molecule has 0 saturated heterocycles. The Bertz CT molecular complexity index is 1750. The van der Waals surface area contributed by atoms with E-state index in [1.807, 2.05) is 0 Å². The van der Waals surface area contributed by atoms with Gasteiger partial charge in [-0.2, -0.15) is 0 Å². The molecule has 0 radical (unpaired) electrons. The fourth-order valence-corrected chi connectivity index (χ4v) is 12.3. The second-order valence-electron chi connectivity index (χ2n) is 26.6. The third-order valence-electron chi connectivity index (χ3n) is 16.5. The first-order valence-corrected chi connectivity index (χ1v) is 40.0. The van der Waals surface area contributed by atoms with E-state index in [0.29, 0.717) is 31.6 Å². The van der Waals surface area contributed by atoms with Gasteiger partial charge in [-0.15, -0.1) is 0 Å². The van der Waals surface area contributed by atoms with E-state index >= 15 is 0 Å². The number of hydrogen-bond donors (Lipinski definition) is 3. The summed E-state index contributed by atoms with van der Waals surface area (Å²) >= 11 is 0. The molecular weight excluding hydrogens is 1190 g/mol. The van der Waals surface area contributed by atoms with Crippen LogP contribution in [0, 0.1) is 11.8 Å². The molecule has 534 valence electrons. The summed E-state index contributed by atoms with van der Waals surface area (Å²) in [5.41, 5.74) is 0. The molecule has 0 aliphatic rings. The zero-order chi connectivity index (χ0) is 66.5. The summed E-state index contributed by atoms with van der Waals surface area (Å²) in [6.45, 7) is 9.48. The molecular formula is C71H138O17P2. The van der Waals surface area contributed by atoms with Crippen molar-refractivity contribution in [1.29, 1.82) is 0 Å². The lowest BCUT2D eigenvalue weighted by Crippen LogP contribution is -2.30. The second-order valence-corrected chi connectivity index (χ2v) is 29.5. The van der Waals surface area contributed by atoms with Crippen LogP contribution in [0.25, 0.3) is 0 Å². The van der Waals surface area contributed by atoms with Crippen molar-refractivity contribution in [2.24, 2.45) is 11.8 Å². The van der Waals surface area contributed by atoms with Gasteiger partial charge in [-0.05, 0) is 37.5 Å². The summed E-state index contributed by atoms with van der Waals surface area (Å²) in [6, 6.07) is 0. The zero-order valence-electron chi connectivity index (χ0n) is 58.4. The Morgan fingerprint density at radius 2 is 0.511 bits per heavy atom. The average Bonchev–Trinajstić information content (AvgIpc) is 3.71. The van der Waals surface area contributed by atoms with Crippen molar-refractivity contribution in [2.75, 3.05) is 39.6 Å². The van der Waals surface area contributed by atoms with Crippen molar-refractivity contribution < 1.29 is 80.2 Å². The third-order valence-corrected chi connectivity index (χ3v) is 18.4. The molecule has 17 nitrogen and oxygen atoms in total. The molecule has 19 heteroatoms. The molecule has 2 unspecified atom stereocenters. The Morgan fingerprint density at radius 3 is 0.756 bits per heavy atom. The van der Waals surface area contributed by atoms with Crippen LogP contribution in [0.2, 0.25) is 0 Å². The molecule has 0 amide bonds. The summed E-state index contributed by atoms with van der Waals surface area (Å²) in [5.74, 6) is -0.681. The van der Waals surface area contributed by atoms with Crippen LogP contribution in [-0.2, 0) is 65.4 Å². The van der Waals surface area contributed by atoms with Gasteiger partial charge in [0.1, 0.15) is 19.3 Å². The van der Waals surface area contributed by atoms with E-state index in [1.54, 1.807) is 0 Å². The van der Waals surface area contributed by atoms with Gasteiger partial charge >= 0.3 is 39.5 Å². The van der Waals surface area contributed by atoms with Gasteiger partial charge in [0.05, 0.1) is 26.4 Å². The highest BCUT2D eigenvalue weighted by atomic mass is 31.2. The normalized spacial score (nSPS) is 14.1. The van der Waals surface area contributed by atoms with Gasteiger partial charge in [-0.1, -0.05) is 311 Å². The zero-order valence-corrected chi connectivity index (χ0v) is 60.2. The van der Waals surface area contributed by atoms with Gasteiger partial charge in [0, 0.05) is 25.7 Å². The van der Waals surface area contributed by atoms with E-state index in [4.69, 9.17) is 37.0 Å². The van der Waals surface area contributed by atoms with Gasteiger partial charge in [-0.3, -0.25) is 37.3 Å². The van der Waals surface area contributed by atoms with E-state index in [9.17, 15) is 43.2 Å². The number of rotatable bonds is 70. The standard InChI is InChI=1S/C71H138O17P2/c1-7-9-11-13-15-17-19-21-22-24-26-30-36-43-49-55-70(75)87-66(59-81-68(73)53-47-41-35-29-25-23-20-18-16-14-12-10-8-2)61-85-89(77,78)83-57-65(72)58-84-90(79,80)86-62-67(60-82-69(74)54-48-42-38-32-34-40-46-52-64(5)6)88-71(76)56-50-44-37-31-27-28-33-39-45-51-63(3)4/h63-67,72H,7-62H2,1-6H3,(H,77,78)(H,79,80)/t65-,66-,67-/m1/s1. The molecule has 0 aromatic rings. The number of aliphatic hydroxyl groups is 1. The van der Waals surface area contributed by atoms with Crippen LogP contribution in [-0.4, -0.2) is 96.7 Å². The van der Waals surface area contributed by atoms with E-state index in [2.05, 4.69) is 41.5 Å². The van der Waals surface area contributed by atoms with Crippen LogP contribution < -0.4 is 0 Å². The monoisotopic (exact) mass is 1320 g/mol. The van der Waals surface area contributed by atoms with Gasteiger partial charge in [0.2, 0.25) is 0 Å². The maximum absolute atomic E-state index is 13.0. The van der Waals surface area contributed by atoms with Gasteiger partial charge < -0.3 is 33.8 Å². The highest BCUT2D eigenvalue weighted by Crippen LogP contribution is 2.45. The third kappa shape index (κ3) is 64.8. The molecule has 0 bridgehead atoms. The second kappa shape index (κ2) is 63.1. The molecule has 0 spiro atoms. The highest BCUT2D eigenvalue weighted by Gasteiger charge is 2.30. The van der Waals surface area contributed by atoms with Crippen molar-refractivity contribution in [3.05, 3.63) is 0 Å². The highest BCUT2D eigenvalue weighted by molar-refractivity contribution is 7.47. The van der Waals surface area contributed by atoms with Crippen molar-refractivity contribution in [3.8, 4) is 0 Å². The summed E-state index contributed by atoms with van der Waals surface area (Å²) in [6.07, 6.45) is 48.6. The number of phosphoric ester groups is 2. The minimum Gasteiger partial charge on any atom is -0.462 e. The predicted octanol–water partition coefficient (Wildman–Crippen LogP) is 20.4. The molecule has 0 rings (SSSR count). The summed E-state index contributed by atoms with van der Waals surface area (Å²) in [5, 5.41) is 10.6. The Kier molecular flexibility index (Phi) is 61.8. The lowest BCUT2D eigenvalue weighted by atomic mass is 10.0. The molecule has 90 heavy (non-hydrogen) atoms. The number of ether oxygens (including phenoxy) is 4. The lowest BCUT2D eigenvalue weighted by Gasteiger charge is -2.21. The van der Waals surface area contributed by atoms with Crippen LogP contribution in [0.4, 0.5) is 0 Å². The molecule has 0 aliphatic heterocycles. The van der Waals surface area contributed by atoms with Crippen molar-refractivity contribution >= 4 is 39.5 Å².